The summed E-state index contributed by atoms with van der Waals surface area (Å²) in [6, 6.07) is 6.68. The first-order chi connectivity index (χ1) is 12.8. The molecule has 1 aliphatic carbocycles. The number of aromatic nitrogens is 2. The van der Waals surface area contributed by atoms with Gasteiger partial charge in [0.2, 0.25) is 5.95 Å². The van der Waals surface area contributed by atoms with E-state index >= 15 is 0 Å². The molecule has 0 aliphatic heterocycles. The van der Waals surface area contributed by atoms with E-state index in [-0.39, 0.29) is 30.0 Å². The monoisotopic (exact) mass is 381 g/mol. The first kappa shape index (κ1) is 18.9. The summed E-state index contributed by atoms with van der Waals surface area (Å²) in [5.74, 6) is -0.0147. The van der Waals surface area contributed by atoms with Gasteiger partial charge in [-0.15, -0.1) is 0 Å². The Labute approximate surface area is 153 Å². The Bertz CT molecular complexity index is 805. The van der Waals surface area contributed by atoms with E-state index in [1.165, 1.54) is 24.3 Å². The van der Waals surface area contributed by atoms with Crippen molar-refractivity contribution in [1.82, 2.24) is 9.97 Å². The summed E-state index contributed by atoms with van der Waals surface area (Å²) in [7, 11) is 0. The molecule has 2 aromatic rings. The average Bonchev–Trinajstić information content (AvgIpc) is 3.12. The molecule has 144 valence electrons. The summed E-state index contributed by atoms with van der Waals surface area (Å²) < 4.78 is 39.4. The lowest BCUT2D eigenvalue weighted by atomic mass is 10.2. The number of nitrogens with zero attached hydrogens (tertiary/aromatic N) is 3. The van der Waals surface area contributed by atoms with Gasteiger partial charge in [-0.1, -0.05) is 25.0 Å². The van der Waals surface area contributed by atoms with Gasteiger partial charge in [-0.05, 0) is 18.4 Å². The molecule has 1 aromatic carbocycles. The zero-order valence-corrected chi connectivity index (χ0v) is 14.3. The number of hydrogen-bond donors (Lipinski definition) is 2. The van der Waals surface area contributed by atoms with Crippen molar-refractivity contribution in [3.05, 3.63) is 51.7 Å². The van der Waals surface area contributed by atoms with Crippen molar-refractivity contribution in [2.75, 3.05) is 10.6 Å². The molecule has 1 aliphatic rings. The molecule has 27 heavy (non-hydrogen) atoms. The molecule has 0 radical (unpaired) electrons. The minimum absolute atomic E-state index is 0.0381. The van der Waals surface area contributed by atoms with E-state index < -0.39 is 16.8 Å². The Hall–Kier alpha value is -2.91. The van der Waals surface area contributed by atoms with Gasteiger partial charge in [-0.3, -0.25) is 10.1 Å². The van der Waals surface area contributed by atoms with E-state index in [4.69, 9.17) is 0 Å². The van der Waals surface area contributed by atoms with E-state index in [9.17, 15) is 23.3 Å². The Morgan fingerprint density at radius 2 is 1.81 bits per heavy atom. The molecule has 1 fully saturated rings. The lowest BCUT2D eigenvalue weighted by Crippen LogP contribution is -2.19. The highest BCUT2D eigenvalue weighted by atomic mass is 19.4. The van der Waals surface area contributed by atoms with Crippen molar-refractivity contribution in [3.63, 3.8) is 0 Å². The number of halogens is 3. The van der Waals surface area contributed by atoms with Crippen LogP contribution in [-0.2, 0) is 12.7 Å². The molecule has 0 amide bonds. The van der Waals surface area contributed by atoms with Crippen molar-refractivity contribution in [1.29, 1.82) is 0 Å². The molecule has 0 spiro atoms. The lowest BCUT2D eigenvalue weighted by molar-refractivity contribution is -0.384. The number of nitro groups is 1. The second-order valence-corrected chi connectivity index (χ2v) is 6.36. The average molecular weight is 381 g/mol. The Morgan fingerprint density at radius 1 is 1.15 bits per heavy atom. The topological polar surface area (TPSA) is 93.0 Å². The summed E-state index contributed by atoms with van der Waals surface area (Å²) >= 11 is 0. The van der Waals surface area contributed by atoms with Gasteiger partial charge in [0, 0.05) is 30.8 Å². The lowest BCUT2D eigenvalue weighted by Gasteiger charge is -2.15. The molecule has 0 atom stereocenters. The maximum Gasteiger partial charge on any atom is 0.433 e. The Morgan fingerprint density at radius 3 is 2.41 bits per heavy atom. The zero-order chi connectivity index (χ0) is 19.4. The summed E-state index contributed by atoms with van der Waals surface area (Å²) in [5, 5.41) is 16.5. The van der Waals surface area contributed by atoms with Gasteiger partial charge in [-0.2, -0.15) is 18.2 Å². The summed E-state index contributed by atoms with van der Waals surface area (Å²) in [6.45, 7) is 0.176. The largest absolute Gasteiger partial charge is 0.433 e. The molecule has 0 saturated heterocycles. The van der Waals surface area contributed by atoms with E-state index in [1.54, 1.807) is 0 Å². The number of alkyl halides is 3. The first-order valence-electron chi connectivity index (χ1n) is 8.51. The minimum Gasteiger partial charge on any atom is -0.366 e. The predicted molar refractivity (Wildman–Crippen MR) is 93.3 cm³/mol. The fourth-order valence-corrected chi connectivity index (χ4v) is 2.93. The van der Waals surface area contributed by atoms with E-state index in [0.29, 0.717) is 5.56 Å². The molecular weight excluding hydrogens is 363 g/mol. The molecule has 10 heteroatoms. The van der Waals surface area contributed by atoms with E-state index in [2.05, 4.69) is 20.6 Å². The third-order valence-electron chi connectivity index (χ3n) is 4.33. The molecule has 1 aromatic heterocycles. The normalized spacial score (nSPS) is 14.9. The van der Waals surface area contributed by atoms with Crippen LogP contribution in [0.25, 0.3) is 0 Å². The fraction of sp³-hybridized carbons (Fsp3) is 0.412. The highest BCUT2D eigenvalue weighted by Crippen LogP contribution is 2.30. The molecule has 1 heterocycles. The second-order valence-electron chi connectivity index (χ2n) is 6.36. The quantitative estimate of drug-likeness (QED) is 0.570. The minimum atomic E-state index is -4.58. The number of benzene rings is 1. The third kappa shape index (κ3) is 5.05. The van der Waals surface area contributed by atoms with Gasteiger partial charge in [0.05, 0.1) is 4.92 Å². The van der Waals surface area contributed by atoms with Crippen LogP contribution in [0.1, 0.15) is 36.9 Å². The van der Waals surface area contributed by atoms with Crippen LogP contribution in [0.5, 0.6) is 0 Å². The molecular formula is C17H18F3N5O2. The number of anilines is 2. The molecule has 2 N–H and O–H groups in total. The van der Waals surface area contributed by atoms with Crippen molar-refractivity contribution in [2.24, 2.45) is 0 Å². The van der Waals surface area contributed by atoms with Crippen molar-refractivity contribution < 1.29 is 18.1 Å². The Balaban J connectivity index is 1.75. The van der Waals surface area contributed by atoms with Crippen molar-refractivity contribution in [3.8, 4) is 0 Å². The highest BCUT2D eigenvalue weighted by molar-refractivity contribution is 5.44. The number of rotatable bonds is 6. The fourth-order valence-electron chi connectivity index (χ4n) is 2.93. The van der Waals surface area contributed by atoms with Crippen molar-refractivity contribution >= 4 is 17.5 Å². The third-order valence-corrected chi connectivity index (χ3v) is 4.33. The van der Waals surface area contributed by atoms with Gasteiger partial charge in [0.15, 0.2) is 5.69 Å². The summed E-state index contributed by atoms with van der Waals surface area (Å²) in [5.41, 5.74) is -0.398. The highest BCUT2D eigenvalue weighted by Gasteiger charge is 2.34. The maximum atomic E-state index is 13.1. The molecule has 0 bridgehead atoms. The van der Waals surface area contributed by atoms with Crippen LogP contribution in [0.2, 0.25) is 0 Å². The smallest absolute Gasteiger partial charge is 0.366 e. The van der Waals surface area contributed by atoms with Crippen molar-refractivity contribution in [2.45, 2.75) is 44.4 Å². The Kier molecular flexibility index (Phi) is 5.43. The van der Waals surface area contributed by atoms with Gasteiger partial charge in [0.25, 0.3) is 5.69 Å². The van der Waals surface area contributed by atoms with Crippen LogP contribution in [0.3, 0.4) is 0 Å². The van der Waals surface area contributed by atoms with Crippen LogP contribution in [0.15, 0.2) is 30.3 Å². The molecule has 1 saturated carbocycles. The molecule has 0 unspecified atom stereocenters. The number of hydrogen-bond acceptors (Lipinski definition) is 6. The maximum absolute atomic E-state index is 13.1. The number of non-ortho nitro benzene ring substituents is 1. The second kappa shape index (κ2) is 7.77. The summed E-state index contributed by atoms with van der Waals surface area (Å²) in [4.78, 5) is 17.9. The van der Waals surface area contributed by atoms with Gasteiger partial charge >= 0.3 is 6.18 Å². The number of nitrogens with one attached hydrogen (secondary N) is 2. The van der Waals surface area contributed by atoms with Crippen LogP contribution >= 0.6 is 0 Å². The van der Waals surface area contributed by atoms with Crippen LogP contribution in [0, 0.1) is 10.1 Å². The van der Waals surface area contributed by atoms with Gasteiger partial charge in [0.1, 0.15) is 5.82 Å². The van der Waals surface area contributed by atoms with Crippen LogP contribution in [-0.4, -0.2) is 20.9 Å². The van der Waals surface area contributed by atoms with Crippen LogP contribution in [0.4, 0.5) is 30.6 Å². The number of nitro benzene ring substituents is 1. The SMILES string of the molecule is O=[N+]([O-])c1ccc(CNc2cc(C(F)(F)F)nc(NC3CCCC3)n2)cc1. The molecule has 3 rings (SSSR count). The van der Waals surface area contributed by atoms with E-state index in [0.717, 1.165) is 31.7 Å². The summed E-state index contributed by atoms with van der Waals surface area (Å²) in [6.07, 6.45) is -0.765. The van der Waals surface area contributed by atoms with Crippen LogP contribution < -0.4 is 10.6 Å². The van der Waals surface area contributed by atoms with Gasteiger partial charge < -0.3 is 10.6 Å². The van der Waals surface area contributed by atoms with Gasteiger partial charge in [-0.25, -0.2) is 4.98 Å². The van der Waals surface area contributed by atoms with E-state index in [1.807, 2.05) is 0 Å². The molecule has 7 nitrogen and oxygen atoms in total. The predicted octanol–water partition coefficient (Wildman–Crippen LogP) is 4.37. The standard InChI is InChI=1S/C17H18F3N5O2/c18-17(19,20)14-9-15(24-16(23-14)22-12-3-1-2-4-12)21-10-11-5-7-13(8-6-11)25(26)27/h5-9,12H,1-4,10H2,(H2,21,22,23,24). The zero-order valence-electron chi connectivity index (χ0n) is 14.3. The first-order valence-corrected chi connectivity index (χ1v) is 8.51.